The van der Waals surface area contributed by atoms with Crippen LogP contribution in [0.15, 0.2) is 40.1 Å². The maximum atomic E-state index is 14.9. The Kier molecular flexibility index (Phi) is 7.23. The third kappa shape index (κ3) is 5.42. The molecule has 0 spiro atoms. The predicted octanol–water partition coefficient (Wildman–Crippen LogP) is 4.16. The van der Waals surface area contributed by atoms with Crippen molar-refractivity contribution in [3.8, 4) is 5.75 Å². The summed E-state index contributed by atoms with van der Waals surface area (Å²) in [4.78, 5) is 15.8. The molecule has 11 heteroatoms. The Hall–Kier alpha value is -3.31. The zero-order valence-corrected chi connectivity index (χ0v) is 20.2. The number of aromatic amines is 1. The highest BCUT2D eigenvalue weighted by molar-refractivity contribution is 7.10. The van der Waals surface area contributed by atoms with E-state index in [9.17, 15) is 8.78 Å². The SMILES string of the molecule is C=N/C(=C\C(=N/COc1c(F)cc2[nH]c(C)cc2c1F)N1CCN(C)CC1)Nc1cc(C)ns1. The van der Waals surface area contributed by atoms with Crippen molar-refractivity contribution >= 4 is 40.0 Å². The molecule has 0 unspecified atom stereocenters. The molecule has 3 heterocycles. The first-order chi connectivity index (χ1) is 16.3. The van der Waals surface area contributed by atoms with E-state index >= 15 is 0 Å². The minimum Gasteiger partial charge on any atom is -0.465 e. The number of rotatable bonds is 7. The molecule has 0 bridgehead atoms. The number of anilines is 1. The second kappa shape index (κ2) is 10.3. The van der Waals surface area contributed by atoms with Crippen LogP contribution in [0.25, 0.3) is 10.9 Å². The molecule has 34 heavy (non-hydrogen) atoms. The minimum atomic E-state index is -0.783. The van der Waals surface area contributed by atoms with E-state index in [0.717, 1.165) is 42.6 Å². The quantitative estimate of drug-likeness (QED) is 0.387. The van der Waals surface area contributed by atoms with Crippen molar-refractivity contribution < 1.29 is 13.5 Å². The van der Waals surface area contributed by atoms with Crippen LogP contribution in [0.2, 0.25) is 0 Å². The fourth-order valence-corrected chi connectivity index (χ4v) is 4.35. The Morgan fingerprint density at radius 2 is 2.03 bits per heavy atom. The monoisotopic (exact) mass is 487 g/mol. The molecule has 180 valence electrons. The normalized spacial score (nSPS) is 15.7. The Balaban J connectivity index is 1.58. The lowest BCUT2D eigenvalue weighted by Crippen LogP contribution is -2.47. The summed E-state index contributed by atoms with van der Waals surface area (Å²) in [7, 11) is 2.06. The summed E-state index contributed by atoms with van der Waals surface area (Å²) in [6.45, 7) is 10.3. The fourth-order valence-electron chi connectivity index (χ4n) is 3.68. The third-order valence-electron chi connectivity index (χ3n) is 5.48. The van der Waals surface area contributed by atoms with E-state index in [1.807, 2.05) is 13.0 Å². The van der Waals surface area contributed by atoms with Crippen LogP contribution in [0.4, 0.5) is 13.8 Å². The van der Waals surface area contributed by atoms with E-state index in [-0.39, 0.29) is 12.1 Å². The van der Waals surface area contributed by atoms with Gasteiger partial charge in [-0.15, -0.1) is 0 Å². The number of halogens is 2. The number of likely N-dealkylation sites (N-methyl/N-ethyl adjacent to an activating group) is 1. The summed E-state index contributed by atoms with van der Waals surface area (Å²) in [5.74, 6) is -0.903. The molecule has 0 saturated carbocycles. The summed E-state index contributed by atoms with van der Waals surface area (Å²) in [6, 6.07) is 4.75. The van der Waals surface area contributed by atoms with E-state index in [0.29, 0.717) is 17.2 Å². The van der Waals surface area contributed by atoms with Gasteiger partial charge in [0.1, 0.15) is 16.7 Å². The number of amidine groups is 1. The van der Waals surface area contributed by atoms with Gasteiger partial charge >= 0.3 is 0 Å². The van der Waals surface area contributed by atoms with E-state index in [1.165, 1.54) is 17.6 Å². The number of H-pyrrole nitrogens is 1. The van der Waals surface area contributed by atoms with Gasteiger partial charge in [-0.05, 0) is 51.3 Å². The second-order valence-electron chi connectivity index (χ2n) is 8.14. The lowest BCUT2D eigenvalue weighted by atomic mass is 10.2. The molecule has 0 amide bonds. The summed E-state index contributed by atoms with van der Waals surface area (Å²) in [6.07, 6.45) is 1.75. The molecule has 0 aliphatic carbocycles. The molecule has 1 fully saturated rings. The molecule has 2 aromatic heterocycles. The van der Waals surface area contributed by atoms with Gasteiger partial charge in [-0.1, -0.05) is 0 Å². The first-order valence-corrected chi connectivity index (χ1v) is 11.6. The van der Waals surface area contributed by atoms with Crippen LogP contribution in [-0.4, -0.2) is 71.7 Å². The number of aryl methyl sites for hydroxylation is 2. The maximum Gasteiger partial charge on any atom is 0.194 e. The van der Waals surface area contributed by atoms with Crippen molar-refractivity contribution in [3.63, 3.8) is 0 Å². The maximum absolute atomic E-state index is 14.9. The molecule has 0 atom stereocenters. The summed E-state index contributed by atoms with van der Waals surface area (Å²) < 4.78 is 39.1. The zero-order valence-electron chi connectivity index (χ0n) is 19.4. The minimum absolute atomic E-state index is 0.259. The van der Waals surface area contributed by atoms with Gasteiger partial charge in [0.05, 0.1) is 11.2 Å². The number of nitrogens with zero attached hydrogens (tertiary/aromatic N) is 5. The Morgan fingerprint density at radius 3 is 2.71 bits per heavy atom. The van der Waals surface area contributed by atoms with Crippen LogP contribution >= 0.6 is 11.5 Å². The van der Waals surface area contributed by atoms with Gasteiger partial charge in [0.2, 0.25) is 0 Å². The van der Waals surface area contributed by atoms with Gasteiger partial charge < -0.3 is 24.8 Å². The van der Waals surface area contributed by atoms with Crippen LogP contribution in [0.3, 0.4) is 0 Å². The molecule has 1 aliphatic rings. The number of hydrogen-bond acceptors (Lipinski definition) is 7. The number of ether oxygens (including phenoxy) is 1. The fraction of sp³-hybridized carbons (Fsp3) is 0.348. The highest BCUT2D eigenvalue weighted by atomic mass is 32.1. The molecular weight excluding hydrogens is 460 g/mol. The van der Waals surface area contributed by atoms with E-state index in [1.54, 1.807) is 19.1 Å². The average molecular weight is 488 g/mol. The number of nitrogens with one attached hydrogen (secondary N) is 2. The lowest BCUT2D eigenvalue weighted by Gasteiger charge is -2.33. The predicted molar refractivity (Wildman–Crippen MR) is 133 cm³/mol. The molecule has 8 nitrogen and oxygen atoms in total. The van der Waals surface area contributed by atoms with Crippen molar-refractivity contribution in [3.05, 3.63) is 53.1 Å². The topological polar surface area (TPSA) is 81.1 Å². The third-order valence-corrected chi connectivity index (χ3v) is 6.28. The van der Waals surface area contributed by atoms with Gasteiger partial charge in [0, 0.05) is 49.4 Å². The van der Waals surface area contributed by atoms with Crippen molar-refractivity contribution in [1.82, 2.24) is 19.2 Å². The lowest BCUT2D eigenvalue weighted by molar-refractivity contribution is 0.214. The van der Waals surface area contributed by atoms with E-state index in [4.69, 9.17) is 4.74 Å². The largest absolute Gasteiger partial charge is 0.465 e. The van der Waals surface area contributed by atoms with Crippen molar-refractivity contribution in [2.45, 2.75) is 13.8 Å². The van der Waals surface area contributed by atoms with Crippen LogP contribution in [0, 0.1) is 25.5 Å². The van der Waals surface area contributed by atoms with Crippen LogP contribution in [-0.2, 0) is 0 Å². The van der Waals surface area contributed by atoms with Gasteiger partial charge in [0.25, 0.3) is 0 Å². The molecule has 4 rings (SSSR count). The molecule has 1 aliphatic heterocycles. The number of aliphatic imine (C=N–C) groups is 2. The number of fused-ring (bicyclic) bond motifs is 1. The van der Waals surface area contributed by atoms with E-state index < -0.39 is 17.4 Å². The summed E-state index contributed by atoms with van der Waals surface area (Å²) in [5, 5.41) is 4.28. The number of benzene rings is 1. The van der Waals surface area contributed by atoms with Crippen LogP contribution in [0.5, 0.6) is 5.75 Å². The van der Waals surface area contributed by atoms with Crippen molar-refractivity contribution in [2.75, 3.05) is 45.3 Å². The van der Waals surface area contributed by atoms with Gasteiger partial charge in [0.15, 0.2) is 24.1 Å². The van der Waals surface area contributed by atoms with Gasteiger partial charge in [-0.2, -0.15) is 4.37 Å². The number of piperazine rings is 1. The Bertz CT molecular complexity index is 1240. The van der Waals surface area contributed by atoms with E-state index in [2.05, 4.69) is 48.2 Å². The number of aromatic nitrogens is 2. The van der Waals surface area contributed by atoms with Crippen molar-refractivity contribution in [2.24, 2.45) is 9.98 Å². The molecule has 1 aromatic carbocycles. The molecule has 0 radical (unpaired) electrons. The standard InChI is InChI=1S/C23H27F2N7OS/c1-14-9-16-18(28-14)11-17(24)23(22(16)25)33-13-27-20(32-7-5-31(4)6-8-32)12-19(26-3)29-21-10-15(2)30-34-21/h9-12,28-29H,3,5-8,13H2,1-2,4H3/b19-12+,27-20+. The molecule has 2 N–H and O–H groups in total. The first kappa shape index (κ1) is 23.8. The molecule has 3 aromatic rings. The molecule has 1 saturated heterocycles. The van der Waals surface area contributed by atoms with Crippen molar-refractivity contribution in [1.29, 1.82) is 0 Å². The van der Waals surface area contributed by atoms with Crippen LogP contribution < -0.4 is 10.1 Å². The Morgan fingerprint density at radius 1 is 1.26 bits per heavy atom. The van der Waals surface area contributed by atoms with Gasteiger partial charge in [-0.25, -0.2) is 18.8 Å². The average Bonchev–Trinajstić information content (AvgIpc) is 3.39. The molecular formula is C23H27F2N7OS. The number of hydrogen-bond donors (Lipinski definition) is 2. The summed E-state index contributed by atoms with van der Waals surface area (Å²) in [5.41, 5.74) is 2.02. The smallest absolute Gasteiger partial charge is 0.194 e. The highest BCUT2D eigenvalue weighted by Crippen LogP contribution is 2.30. The summed E-state index contributed by atoms with van der Waals surface area (Å²) >= 11 is 1.32. The zero-order chi connectivity index (χ0) is 24.2. The first-order valence-electron chi connectivity index (χ1n) is 10.8. The van der Waals surface area contributed by atoms with Crippen LogP contribution in [0.1, 0.15) is 11.4 Å². The highest BCUT2D eigenvalue weighted by Gasteiger charge is 2.19. The Labute approximate surface area is 200 Å². The van der Waals surface area contributed by atoms with Gasteiger partial charge in [-0.3, -0.25) is 0 Å². The second-order valence-corrected chi connectivity index (χ2v) is 8.95.